The number of hydrogen-bond donors (Lipinski definition) is 2. The normalized spacial score (nSPS) is 15.7. The van der Waals surface area contributed by atoms with E-state index < -0.39 is 5.60 Å². The zero-order chi connectivity index (χ0) is 9.90. The number of rotatable bonds is 4. The quantitative estimate of drug-likeness (QED) is 0.658. The maximum absolute atomic E-state index is 9.89. The average Bonchev–Trinajstić information content (AvgIpc) is 2.51. The second-order valence-electron chi connectivity index (χ2n) is 3.34. The Morgan fingerprint density at radius 2 is 2.38 bits per heavy atom. The third-order valence-electron chi connectivity index (χ3n) is 2.20. The zero-order valence-corrected chi connectivity index (χ0v) is 8.06. The third-order valence-corrected chi connectivity index (χ3v) is 2.20. The molecule has 0 amide bonds. The molecule has 0 aliphatic heterocycles. The zero-order valence-electron chi connectivity index (χ0n) is 8.06. The molecule has 1 heterocycles. The Morgan fingerprint density at radius 1 is 1.69 bits per heavy atom. The van der Waals surface area contributed by atoms with Gasteiger partial charge in [0.05, 0.1) is 11.3 Å². The summed E-state index contributed by atoms with van der Waals surface area (Å²) in [6.07, 6.45) is 2.88. The van der Waals surface area contributed by atoms with Crippen molar-refractivity contribution in [3.63, 3.8) is 0 Å². The van der Waals surface area contributed by atoms with Gasteiger partial charge in [0.15, 0.2) is 0 Å². The summed E-state index contributed by atoms with van der Waals surface area (Å²) in [7, 11) is 1.80. The Kier molecular flexibility index (Phi) is 3.00. The molecule has 0 saturated carbocycles. The fraction of sp³-hybridized carbons (Fsp3) is 0.750. The first-order valence-corrected chi connectivity index (χ1v) is 4.37. The minimum absolute atomic E-state index is 0.250. The van der Waals surface area contributed by atoms with Crippen LogP contribution in [0.25, 0.3) is 0 Å². The molecule has 0 spiro atoms. The van der Waals surface area contributed by atoms with Gasteiger partial charge < -0.3 is 10.8 Å². The van der Waals surface area contributed by atoms with Crippen molar-refractivity contribution in [3.05, 3.63) is 11.9 Å². The van der Waals surface area contributed by atoms with E-state index in [-0.39, 0.29) is 6.54 Å². The van der Waals surface area contributed by atoms with Crippen LogP contribution in [0.1, 0.15) is 19.0 Å². The van der Waals surface area contributed by atoms with Gasteiger partial charge in [-0.25, -0.2) is 0 Å². The lowest BCUT2D eigenvalue weighted by atomic mass is 9.95. The minimum atomic E-state index is -0.837. The summed E-state index contributed by atoms with van der Waals surface area (Å²) in [6, 6.07) is 0. The van der Waals surface area contributed by atoms with Crippen molar-refractivity contribution in [2.45, 2.75) is 25.4 Å². The van der Waals surface area contributed by atoms with Crippen LogP contribution in [0.5, 0.6) is 0 Å². The summed E-state index contributed by atoms with van der Waals surface area (Å²) in [4.78, 5) is 0. The van der Waals surface area contributed by atoms with Gasteiger partial charge in [-0.05, 0) is 6.42 Å². The molecule has 1 unspecified atom stereocenters. The molecule has 1 atom stereocenters. The highest BCUT2D eigenvalue weighted by atomic mass is 16.3. The van der Waals surface area contributed by atoms with Crippen LogP contribution >= 0.6 is 0 Å². The topological polar surface area (TPSA) is 77.0 Å². The molecule has 0 fully saturated rings. The van der Waals surface area contributed by atoms with Gasteiger partial charge in [0.2, 0.25) is 0 Å². The van der Waals surface area contributed by atoms with Gasteiger partial charge in [-0.3, -0.25) is 4.68 Å². The summed E-state index contributed by atoms with van der Waals surface area (Å²) in [5.41, 5.74) is 5.41. The molecule has 0 aliphatic carbocycles. The first kappa shape index (κ1) is 10.1. The molecule has 3 N–H and O–H groups in total. The summed E-state index contributed by atoms with van der Waals surface area (Å²) in [6.45, 7) is 2.16. The standard InChI is InChI=1S/C8H16N4O/c1-3-8(13,6-9)4-7-5-12(2)11-10-7/h5,13H,3-4,6,9H2,1-2H3. The van der Waals surface area contributed by atoms with Crippen molar-refractivity contribution in [2.75, 3.05) is 6.54 Å². The molecule has 1 rings (SSSR count). The number of aryl methyl sites for hydroxylation is 1. The molecule has 13 heavy (non-hydrogen) atoms. The predicted molar refractivity (Wildman–Crippen MR) is 49.0 cm³/mol. The Labute approximate surface area is 77.6 Å². The molecule has 5 heteroatoms. The van der Waals surface area contributed by atoms with Gasteiger partial charge in [0.1, 0.15) is 0 Å². The lowest BCUT2D eigenvalue weighted by Crippen LogP contribution is -2.39. The Hall–Kier alpha value is -0.940. The van der Waals surface area contributed by atoms with Gasteiger partial charge >= 0.3 is 0 Å². The first-order chi connectivity index (χ1) is 6.09. The highest BCUT2D eigenvalue weighted by Gasteiger charge is 2.24. The Morgan fingerprint density at radius 3 is 2.77 bits per heavy atom. The van der Waals surface area contributed by atoms with Crippen LogP contribution in [0.4, 0.5) is 0 Å². The molecular weight excluding hydrogens is 168 g/mol. The highest BCUT2D eigenvalue weighted by molar-refractivity contribution is 4.99. The van der Waals surface area contributed by atoms with Crippen LogP contribution in [-0.2, 0) is 13.5 Å². The van der Waals surface area contributed by atoms with E-state index in [2.05, 4.69) is 10.3 Å². The van der Waals surface area contributed by atoms with E-state index in [1.54, 1.807) is 17.9 Å². The number of nitrogens with two attached hydrogens (primary N) is 1. The van der Waals surface area contributed by atoms with Gasteiger partial charge in [-0.15, -0.1) is 5.10 Å². The van der Waals surface area contributed by atoms with Crippen molar-refractivity contribution in [2.24, 2.45) is 12.8 Å². The van der Waals surface area contributed by atoms with Crippen molar-refractivity contribution in [1.29, 1.82) is 0 Å². The summed E-state index contributed by atoms with van der Waals surface area (Å²) < 4.78 is 1.61. The maximum Gasteiger partial charge on any atom is 0.0856 e. The van der Waals surface area contributed by atoms with Crippen LogP contribution in [0.3, 0.4) is 0 Å². The van der Waals surface area contributed by atoms with E-state index in [9.17, 15) is 5.11 Å². The summed E-state index contributed by atoms with van der Waals surface area (Å²) in [5, 5.41) is 17.6. The highest BCUT2D eigenvalue weighted by Crippen LogP contribution is 2.13. The van der Waals surface area contributed by atoms with Crippen molar-refractivity contribution in [3.8, 4) is 0 Å². The number of hydrogen-bond acceptors (Lipinski definition) is 4. The molecule has 0 saturated heterocycles. The lowest BCUT2D eigenvalue weighted by Gasteiger charge is -2.23. The molecule has 0 bridgehead atoms. The largest absolute Gasteiger partial charge is 0.388 e. The molecule has 0 radical (unpaired) electrons. The number of aliphatic hydroxyl groups is 1. The van der Waals surface area contributed by atoms with E-state index in [1.807, 2.05) is 6.92 Å². The van der Waals surface area contributed by atoms with Gasteiger partial charge in [0.25, 0.3) is 0 Å². The van der Waals surface area contributed by atoms with Crippen molar-refractivity contribution < 1.29 is 5.11 Å². The maximum atomic E-state index is 9.89. The lowest BCUT2D eigenvalue weighted by molar-refractivity contribution is 0.0446. The van der Waals surface area contributed by atoms with E-state index in [1.165, 1.54) is 0 Å². The number of nitrogens with zero attached hydrogens (tertiary/aromatic N) is 3. The van der Waals surface area contributed by atoms with E-state index >= 15 is 0 Å². The van der Waals surface area contributed by atoms with Crippen LogP contribution in [-0.4, -0.2) is 32.2 Å². The second-order valence-corrected chi connectivity index (χ2v) is 3.34. The van der Waals surface area contributed by atoms with Crippen LogP contribution in [0, 0.1) is 0 Å². The third kappa shape index (κ3) is 2.50. The van der Waals surface area contributed by atoms with Crippen LogP contribution < -0.4 is 5.73 Å². The molecule has 1 aromatic rings. The van der Waals surface area contributed by atoms with Crippen LogP contribution in [0.2, 0.25) is 0 Å². The smallest absolute Gasteiger partial charge is 0.0856 e. The molecule has 5 nitrogen and oxygen atoms in total. The SMILES string of the molecule is CCC(O)(CN)Cc1cn(C)nn1. The van der Waals surface area contributed by atoms with Crippen LogP contribution in [0.15, 0.2) is 6.20 Å². The van der Waals surface area contributed by atoms with Gasteiger partial charge in [-0.2, -0.15) is 0 Å². The second kappa shape index (κ2) is 3.85. The van der Waals surface area contributed by atoms with E-state index in [0.717, 1.165) is 5.69 Å². The van der Waals surface area contributed by atoms with E-state index in [4.69, 9.17) is 5.73 Å². The Bertz CT molecular complexity index is 267. The summed E-state index contributed by atoms with van der Waals surface area (Å²) in [5.74, 6) is 0. The van der Waals surface area contributed by atoms with Crippen molar-refractivity contribution >= 4 is 0 Å². The van der Waals surface area contributed by atoms with Gasteiger partial charge in [-0.1, -0.05) is 12.1 Å². The molecular formula is C8H16N4O. The first-order valence-electron chi connectivity index (χ1n) is 4.37. The predicted octanol–water partition coefficient (Wildman–Crippen LogP) is -0.543. The van der Waals surface area contributed by atoms with Crippen molar-refractivity contribution in [1.82, 2.24) is 15.0 Å². The average molecular weight is 184 g/mol. The molecule has 1 aromatic heterocycles. The van der Waals surface area contributed by atoms with E-state index in [0.29, 0.717) is 12.8 Å². The van der Waals surface area contributed by atoms with Gasteiger partial charge in [0, 0.05) is 26.2 Å². The summed E-state index contributed by atoms with van der Waals surface area (Å²) >= 11 is 0. The molecule has 0 aliphatic rings. The number of aromatic nitrogens is 3. The fourth-order valence-electron chi connectivity index (χ4n) is 1.15. The fourth-order valence-corrected chi connectivity index (χ4v) is 1.15. The molecule has 0 aromatic carbocycles. The Balaban J connectivity index is 2.67. The molecule has 74 valence electrons. The monoisotopic (exact) mass is 184 g/mol. The minimum Gasteiger partial charge on any atom is -0.388 e.